The first kappa shape index (κ1) is 14.6. The average Bonchev–Trinajstić information content (AvgIpc) is 2.30. The third kappa shape index (κ3) is 6.17. The quantitative estimate of drug-likeness (QED) is 0.718. The summed E-state index contributed by atoms with van der Waals surface area (Å²) in [6.07, 6.45) is 4.73. The van der Waals surface area contributed by atoms with Gasteiger partial charge in [-0.2, -0.15) is 11.8 Å². The van der Waals surface area contributed by atoms with E-state index in [-0.39, 0.29) is 6.03 Å². The maximum atomic E-state index is 11.6. The van der Waals surface area contributed by atoms with Gasteiger partial charge in [0.1, 0.15) is 0 Å². The lowest BCUT2D eigenvalue weighted by Crippen LogP contribution is -2.45. The Morgan fingerprint density at radius 1 is 1.47 bits per heavy atom. The van der Waals surface area contributed by atoms with E-state index in [9.17, 15) is 4.79 Å². The van der Waals surface area contributed by atoms with E-state index in [1.165, 1.54) is 12.8 Å². The van der Waals surface area contributed by atoms with Gasteiger partial charge < -0.3 is 15.4 Å². The molecule has 1 fully saturated rings. The van der Waals surface area contributed by atoms with E-state index in [4.69, 9.17) is 4.74 Å². The van der Waals surface area contributed by atoms with Crippen LogP contribution < -0.4 is 10.6 Å². The highest BCUT2D eigenvalue weighted by molar-refractivity contribution is 7.99. The smallest absolute Gasteiger partial charge is 0.315 e. The van der Waals surface area contributed by atoms with Gasteiger partial charge in [-0.1, -0.05) is 13.3 Å². The minimum Gasteiger partial charge on any atom is -0.383 e. The number of urea groups is 1. The summed E-state index contributed by atoms with van der Waals surface area (Å²) in [5, 5.41) is 6.56. The Balaban J connectivity index is 2.18. The summed E-state index contributed by atoms with van der Waals surface area (Å²) in [5.41, 5.74) is 0. The summed E-state index contributed by atoms with van der Waals surface area (Å²) in [6, 6.07) is 0.282. The zero-order chi connectivity index (χ0) is 12.5. The lowest BCUT2D eigenvalue weighted by atomic mass is 9.95. The molecule has 2 N–H and O–H groups in total. The van der Waals surface area contributed by atoms with Crippen molar-refractivity contribution in [2.24, 2.45) is 0 Å². The van der Waals surface area contributed by atoms with Crippen molar-refractivity contribution in [2.45, 2.75) is 43.9 Å². The Kier molecular flexibility index (Phi) is 7.44. The first-order valence-electron chi connectivity index (χ1n) is 6.41. The molecule has 4 nitrogen and oxygen atoms in total. The topological polar surface area (TPSA) is 50.4 Å². The fourth-order valence-corrected chi connectivity index (χ4v) is 3.34. The number of hydrogen-bond acceptors (Lipinski definition) is 3. The van der Waals surface area contributed by atoms with E-state index in [0.717, 1.165) is 23.8 Å². The van der Waals surface area contributed by atoms with Gasteiger partial charge in [-0.05, 0) is 25.0 Å². The number of nitrogens with one attached hydrogen (secondary N) is 2. The highest BCUT2D eigenvalue weighted by atomic mass is 32.2. The predicted octanol–water partition coefficient (Wildman–Crippen LogP) is 2.00. The molecule has 0 radical (unpaired) electrons. The lowest BCUT2D eigenvalue weighted by molar-refractivity contribution is 0.194. The molecular formula is C12H24N2O2S. The van der Waals surface area contributed by atoms with Crippen molar-refractivity contribution in [3.05, 3.63) is 0 Å². The molecule has 1 saturated carbocycles. The summed E-state index contributed by atoms with van der Waals surface area (Å²) in [7, 11) is 1.63. The number of hydrogen-bond donors (Lipinski definition) is 2. The highest BCUT2D eigenvalue weighted by Crippen LogP contribution is 2.28. The number of thioether (sulfide) groups is 1. The molecule has 2 atom stereocenters. The number of carbonyl (C=O) groups is 1. The van der Waals surface area contributed by atoms with E-state index < -0.39 is 0 Å². The fraction of sp³-hybridized carbons (Fsp3) is 0.917. The van der Waals surface area contributed by atoms with E-state index in [0.29, 0.717) is 19.2 Å². The molecule has 0 heterocycles. The summed E-state index contributed by atoms with van der Waals surface area (Å²) in [6.45, 7) is 3.33. The number of methoxy groups -OCH3 is 1. The first-order valence-corrected chi connectivity index (χ1v) is 7.46. The second kappa shape index (κ2) is 8.64. The minimum atomic E-state index is -0.0609. The standard InChI is InChI=1S/C12H24N2O2S/c1-3-17-11-6-4-5-10(9-11)14-12(15)13-7-8-16-2/h10-11H,3-9H2,1-2H3,(H2,13,14,15)/t10-,11-/m0/s1. The molecule has 0 spiro atoms. The van der Waals surface area contributed by atoms with Gasteiger partial charge >= 0.3 is 6.03 Å². The molecule has 0 aromatic carbocycles. The van der Waals surface area contributed by atoms with Crippen molar-refractivity contribution in [1.29, 1.82) is 0 Å². The molecule has 1 rings (SSSR count). The van der Waals surface area contributed by atoms with E-state index in [2.05, 4.69) is 17.6 Å². The van der Waals surface area contributed by atoms with Crippen molar-refractivity contribution < 1.29 is 9.53 Å². The van der Waals surface area contributed by atoms with E-state index >= 15 is 0 Å². The lowest BCUT2D eigenvalue weighted by Gasteiger charge is -2.29. The molecule has 0 saturated heterocycles. The fourth-order valence-electron chi connectivity index (χ4n) is 2.17. The molecule has 100 valence electrons. The molecule has 0 bridgehead atoms. The maximum Gasteiger partial charge on any atom is 0.315 e. The maximum absolute atomic E-state index is 11.6. The normalized spacial score (nSPS) is 24.4. The van der Waals surface area contributed by atoms with Crippen LogP contribution in [0, 0.1) is 0 Å². The molecule has 5 heteroatoms. The molecular weight excluding hydrogens is 236 g/mol. The Hall–Kier alpha value is -0.420. The van der Waals surface area contributed by atoms with Gasteiger partial charge in [-0.25, -0.2) is 4.79 Å². The molecule has 17 heavy (non-hydrogen) atoms. The second-order valence-electron chi connectivity index (χ2n) is 4.33. The molecule has 0 aromatic rings. The number of ether oxygens (including phenoxy) is 1. The predicted molar refractivity (Wildman–Crippen MR) is 72.6 cm³/mol. The van der Waals surface area contributed by atoms with Gasteiger partial charge in [-0.3, -0.25) is 0 Å². The monoisotopic (exact) mass is 260 g/mol. The van der Waals surface area contributed by atoms with Gasteiger partial charge in [0.2, 0.25) is 0 Å². The Labute approximate surface area is 108 Å². The van der Waals surface area contributed by atoms with Crippen molar-refractivity contribution >= 4 is 17.8 Å². The molecule has 1 aliphatic rings. The Morgan fingerprint density at radius 3 is 3.00 bits per heavy atom. The number of carbonyl (C=O) groups excluding carboxylic acids is 1. The van der Waals surface area contributed by atoms with Crippen molar-refractivity contribution in [2.75, 3.05) is 26.0 Å². The van der Waals surface area contributed by atoms with E-state index in [1.54, 1.807) is 7.11 Å². The molecule has 2 amide bonds. The van der Waals surface area contributed by atoms with Crippen LogP contribution in [0.3, 0.4) is 0 Å². The largest absolute Gasteiger partial charge is 0.383 e. The van der Waals surface area contributed by atoms with Gasteiger partial charge in [-0.15, -0.1) is 0 Å². The highest BCUT2D eigenvalue weighted by Gasteiger charge is 2.22. The van der Waals surface area contributed by atoms with Crippen LogP contribution in [0.25, 0.3) is 0 Å². The summed E-state index contributed by atoms with van der Waals surface area (Å²) in [5.74, 6) is 1.16. The van der Waals surface area contributed by atoms with Crippen LogP contribution in [-0.2, 0) is 4.74 Å². The van der Waals surface area contributed by atoms with Gasteiger partial charge in [0.15, 0.2) is 0 Å². The van der Waals surface area contributed by atoms with Crippen molar-refractivity contribution in [3.63, 3.8) is 0 Å². The summed E-state index contributed by atoms with van der Waals surface area (Å²) < 4.78 is 4.89. The zero-order valence-electron chi connectivity index (χ0n) is 10.8. The summed E-state index contributed by atoms with van der Waals surface area (Å²) >= 11 is 2.01. The Bertz CT molecular complexity index is 225. The van der Waals surface area contributed by atoms with Crippen molar-refractivity contribution in [1.82, 2.24) is 10.6 Å². The van der Waals surface area contributed by atoms with Crippen LogP contribution in [0.15, 0.2) is 0 Å². The summed E-state index contributed by atoms with van der Waals surface area (Å²) in [4.78, 5) is 11.6. The van der Waals surface area contributed by atoms with Crippen LogP contribution in [0.5, 0.6) is 0 Å². The second-order valence-corrected chi connectivity index (χ2v) is 5.91. The van der Waals surface area contributed by atoms with Crippen LogP contribution in [-0.4, -0.2) is 43.3 Å². The van der Waals surface area contributed by atoms with Crippen LogP contribution in [0.4, 0.5) is 4.79 Å². The molecule has 0 aliphatic heterocycles. The third-order valence-corrected chi connectivity index (χ3v) is 4.19. The van der Waals surface area contributed by atoms with Crippen LogP contribution in [0.1, 0.15) is 32.6 Å². The van der Waals surface area contributed by atoms with Crippen LogP contribution >= 0.6 is 11.8 Å². The zero-order valence-corrected chi connectivity index (χ0v) is 11.6. The third-order valence-electron chi connectivity index (χ3n) is 2.96. The molecule has 0 aromatic heterocycles. The van der Waals surface area contributed by atoms with E-state index in [1.807, 2.05) is 11.8 Å². The number of rotatable bonds is 6. The van der Waals surface area contributed by atoms with Gasteiger partial charge in [0.25, 0.3) is 0 Å². The van der Waals surface area contributed by atoms with Gasteiger partial charge in [0.05, 0.1) is 6.61 Å². The molecule has 1 aliphatic carbocycles. The van der Waals surface area contributed by atoms with Gasteiger partial charge in [0, 0.05) is 24.9 Å². The minimum absolute atomic E-state index is 0.0609. The first-order chi connectivity index (χ1) is 8.26. The van der Waals surface area contributed by atoms with Crippen molar-refractivity contribution in [3.8, 4) is 0 Å². The SMILES string of the molecule is CCS[C@H]1CCC[C@H](NC(=O)NCCOC)C1. The molecule has 0 unspecified atom stereocenters. The number of amides is 2. The Morgan fingerprint density at radius 2 is 2.29 bits per heavy atom. The van der Waals surface area contributed by atoms with Crippen LogP contribution in [0.2, 0.25) is 0 Å². The average molecular weight is 260 g/mol.